The SMILES string of the molecule is O=C(O)c1ccc(OC(=O)c2ccc3oc4oc5ccc(C(=O)Oc6ccc(C(=O)O)cc6)cc5c4c3c2)cc1. The van der Waals surface area contributed by atoms with Gasteiger partial charge in [0.25, 0.3) is 5.78 Å². The second-order valence-corrected chi connectivity index (χ2v) is 8.73. The Bertz CT molecular complexity index is 1830. The van der Waals surface area contributed by atoms with Gasteiger partial charge in [-0.1, -0.05) is 0 Å². The molecular formula is C30H16O10. The second kappa shape index (κ2) is 9.44. The molecule has 4 aromatic carbocycles. The first-order chi connectivity index (χ1) is 19.3. The molecule has 6 aromatic rings. The van der Waals surface area contributed by atoms with Gasteiger partial charge in [0.2, 0.25) is 0 Å². The number of carbonyl (C=O) groups is 4. The lowest BCUT2D eigenvalue weighted by Gasteiger charge is -2.05. The fraction of sp³-hybridized carbons (Fsp3) is 0. The van der Waals surface area contributed by atoms with Crippen LogP contribution in [0.5, 0.6) is 11.5 Å². The number of aromatic carboxylic acids is 2. The van der Waals surface area contributed by atoms with Crippen molar-refractivity contribution in [2.75, 3.05) is 0 Å². The minimum atomic E-state index is -1.09. The Labute approximate surface area is 223 Å². The van der Waals surface area contributed by atoms with Crippen LogP contribution in [0.15, 0.2) is 93.8 Å². The van der Waals surface area contributed by atoms with Crippen LogP contribution in [0.1, 0.15) is 41.4 Å². The van der Waals surface area contributed by atoms with Crippen LogP contribution < -0.4 is 9.47 Å². The summed E-state index contributed by atoms with van der Waals surface area (Å²) in [7, 11) is 0. The van der Waals surface area contributed by atoms with Gasteiger partial charge in [0, 0.05) is 10.8 Å². The van der Waals surface area contributed by atoms with Crippen LogP contribution in [0, 0.1) is 0 Å². The molecule has 2 N–H and O–H groups in total. The predicted octanol–water partition coefficient (Wildman–Crippen LogP) is 6.17. The minimum Gasteiger partial charge on any atom is -0.478 e. The van der Waals surface area contributed by atoms with E-state index in [1.807, 2.05) is 0 Å². The average Bonchev–Trinajstić information content (AvgIpc) is 3.48. The van der Waals surface area contributed by atoms with Crippen LogP contribution in [0.3, 0.4) is 0 Å². The highest BCUT2D eigenvalue weighted by molar-refractivity contribution is 6.19. The summed E-state index contributed by atoms with van der Waals surface area (Å²) in [5.41, 5.74) is 1.45. The molecule has 0 spiro atoms. The van der Waals surface area contributed by atoms with Gasteiger partial charge in [0.15, 0.2) is 0 Å². The zero-order valence-electron chi connectivity index (χ0n) is 20.2. The van der Waals surface area contributed by atoms with Crippen molar-refractivity contribution in [3.8, 4) is 11.5 Å². The van der Waals surface area contributed by atoms with Gasteiger partial charge in [-0.05, 0) is 84.9 Å². The van der Waals surface area contributed by atoms with Gasteiger partial charge in [0.1, 0.15) is 22.7 Å². The molecule has 10 nitrogen and oxygen atoms in total. The van der Waals surface area contributed by atoms with Crippen LogP contribution in [0.2, 0.25) is 0 Å². The number of carboxylic acid groups (broad SMARTS) is 2. The van der Waals surface area contributed by atoms with E-state index in [1.165, 1.54) is 60.7 Å². The zero-order valence-corrected chi connectivity index (χ0v) is 20.2. The Morgan fingerprint density at radius 2 is 0.900 bits per heavy atom. The Kier molecular flexibility index (Phi) is 5.77. The topological polar surface area (TPSA) is 153 Å². The lowest BCUT2D eigenvalue weighted by atomic mass is 10.1. The van der Waals surface area contributed by atoms with Gasteiger partial charge in [0.05, 0.1) is 27.6 Å². The number of hydrogen-bond donors (Lipinski definition) is 2. The first-order valence-electron chi connectivity index (χ1n) is 11.8. The number of rotatable bonds is 6. The summed E-state index contributed by atoms with van der Waals surface area (Å²) in [5, 5.41) is 19.7. The molecule has 10 heteroatoms. The molecule has 0 aliphatic rings. The normalized spacial score (nSPS) is 11.1. The molecule has 0 saturated carbocycles. The van der Waals surface area contributed by atoms with E-state index in [-0.39, 0.29) is 39.5 Å². The Morgan fingerprint density at radius 3 is 1.27 bits per heavy atom. The third kappa shape index (κ3) is 4.39. The lowest BCUT2D eigenvalue weighted by Crippen LogP contribution is -2.08. The third-order valence-corrected chi connectivity index (χ3v) is 6.20. The zero-order chi connectivity index (χ0) is 28.0. The summed E-state index contributed by atoms with van der Waals surface area (Å²) >= 11 is 0. The number of benzene rings is 4. The predicted molar refractivity (Wildman–Crippen MR) is 140 cm³/mol. The van der Waals surface area contributed by atoms with Crippen molar-refractivity contribution in [1.29, 1.82) is 0 Å². The Morgan fingerprint density at radius 1 is 0.525 bits per heavy atom. The lowest BCUT2D eigenvalue weighted by molar-refractivity contribution is 0.0685. The molecule has 0 amide bonds. The highest BCUT2D eigenvalue weighted by Crippen LogP contribution is 2.38. The van der Waals surface area contributed by atoms with E-state index in [0.717, 1.165) is 0 Å². The van der Waals surface area contributed by atoms with Crippen molar-refractivity contribution >= 4 is 57.0 Å². The van der Waals surface area contributed by atoms with Crippen molar-refractivity contribution in [1.82, 2.24) is 0 Å². The summed E-state index contributed by atoms with van der Waals surface area (Å²) in [6.45, 7) is 0. The summed E-state index contributed by atoms with van der Waals surface area (Å²) in [5.74, 6) is -2.94. The fourth-order valence-electron chi connectivity index (χ4n) is 4.23. The molecular weight excluding hydrogens is 520 g/mol. The van der Waals surface area contributed by atoms with Gasteiger partial charge >= 0.3 is 23.9 Å². The van der Waals surface area contributed by atoms with Gasteiger partial charge in [-0.15, -0.1) is 0 Å². The van der Waals surface area contributed by atoms with E-state index in [9.17, 15) is 19.2 Å². The van der Waals surface area contributed by atoms with Crippen LogP contribution >= 0.6 is 0 Å². The average molecular weight is 536 g/mol. The van der Waals surface area contributed by atoms with Crippen molar-refractivity contribution < 1.29 is 47.7 Å². The molecule has 0 fully saturated rings. The van der Waals surface area contributed by atoms with E-state index >= 15 is 0 Å². The summed E-state index contributed by atoms with van der Waals surface area (Å²) in [6.07, 6.45) is 0. The number of carboxylic acids is 2. The number of carbonyl (C=O) groups excluding carboxylic acids is 2. The molecule has 196 valence electrons. The first-order valence-corrected chi connectivity index (χ1v) is 11.8. The van der Waals surface area contributed by atoms with Crippen molar-refractivity contribution in [3.63, 3.8) is 0 Å². The van der Waals surface area contributed by atoms with Gasteiger partial charge < -0.3 is 28.5 Å². The van der Waals surface area contributed by atoms with E-state index in [0.29, 0.717) is 27.3 Å². The molecule has 0 aliphatic carbocycles. The smallest absolute Gasteiger partial charge is 0.343 e. The van der Waals surface area contributed by atoms with E-state index < -0.39 is 23.9 Å². The van der Waals surface area contributed by atoms with Gasteiger partial charge in [-0.2, -0.15) is 0 Å². The molecule has 2 heterocycles. The summed E-state index contributed by atoms with van der Waals surface area (Å²) < 4.78 is 22.4. The van der Waals surface area contributed by atoms with Crippen molar-refractivity contribution in [2.45, 2.75) is 0 Å². The van der Waals surface area contributed by atoms with E-state index in [1.54, 1.807) is 24.3 Å². The largest absolute Gasteiger partial charge is 0.478 e. The highest BCUT2D eigenvalue weighted by Gasteiger charge is 2.20. The maximum Gasteiger partial charge on any atom is 0.343 e. The molecule has 2 aromatic heterocycles. The second-order valence-electron chi connectivity index (χ2n) is 8.73. The Hall–Kier alpha value is -5.90. The number of ether oxygens (including phenoxy) is 2. The minimum absolute atomic E-state index is 0.0631. The van der Waals surface area contributed by atoms with Crippen molar-refractivity contribution in [2.24, 2.45) is 0 Å². The number of fused-ring (bicyclic) bond motifs is 5. The van der Waals surface area contributed by atoms with Crippen LogP contribution in [-0.2, 0) is 0 Å². The maximum atomic E-state index is 12.8. The number of esters is 2. The highest BCUT2D eigenvalue weighted by atomic mass is 16.5. The molecule has 0 atom stereocenters. The van der Waals surface area contributed by atoms with Crippen LogP contribution in [0.4, 0.5) is 0 Å². The van der Waals surface area contributed by atoms with Gasteiger partial charge in [-0.25, -0.2) is 19.2 Å². The quantitative estimate of drug-likeness (QED) is 0.187. The van der Waals surface area contributed by atoms with Crippen LogP contribution in [-0.4, -0.2) is 34.1 Å². The summed E-state index contributed by atoms with van der Waals surface area (Å²) in [6, 6.07) is 20.3. The summed E-state index contributed by atoms with van der Waals surface area (Å²) in [4.78, 5) is 47.7. The van der Waals surface area contributed by atoms with E-state index in [2.05, 4.69) is 0 Å². The van der Waals surface area contributed by atoms with E-state index in [4.69, 9.17) is 28.5 Å². The molecule has 6 rings (SSSR count). The number of hydrogen-bond acceptors (Lipinski definition) is 8. The molecule has 40 heavy (non-hydrogen) atoms. The van der Waals surface area contributed by atoms with Crippen molar-refractivity contribution in [3.05, 3.63) is 107 Å². The maximum absolute atomic E-state index is 12.8. The van der Waals surface area contributed by atoms with Crippen LogP contribution in [0.25, 0.3) is 33.1 Å². The first kappa shape index (κ1) is 24.4. The number of furan rings is 2. The molecule has 0 aliphatic heterocycles. The molecule has 0 radical (unpaired) electrons. The molecule has 0 unspecified atom stereocenters. The Balaban J connectivity index is 1.31. The molecule has 0 saturated heterocycles. The third-order valence-electron chi connectivity index (χ3n) is 6.20. The fourth-order valence-corrected chi connectivity index (χ4v) is 4.23. The monoisotopic (exact) mass is 536 g/mol. The molecule has 0 bridgehead atoms. The standard InChI is InChI=1S/C30H16O10/c31-26(32)15-1-7-19(8-2-15)37-28(35)17-5-11-23-21(13-17)25-22-14-18(6-12-24(22)40-30(25)39-23)29(36)38-20-9-3-16(4-10-20)27(33)34/h1-14H,(H,31,32)(H,33,34). The van der Waals surface area contributed by atoms with Gasteiger partial charge in [-0.3, -0.25) is 0 Å².